The summed E-state index contributed by atoms with van der Waals surface area (Å²) in [6.07, 6.45) is 9.86. The molecule has 148 valence electrons. The average molecular weight is 361 g/mol. The highest BCUT2D eigenvalue weighted by atomic mass is 16.5. The van der Waals surface area contributed by atoms with Gasteiger partial charge in [-0.25, -0.2) is 0 Å². The third-order valence-electron chi connectivity index (χ3n) is 5.22. The van der Waals surface area contributed by atoms with Gasteiger partial charge in [-0.1, -0.05) is 84.9 Å². The second-order valence-corrected chi connectivity index (χ2v) is 7.41. The van der Waals surface area contributed by atoms with Gasteiger partial charge < -0.3 is 9.47 Å². The van der Waals surface area contributed by atoms with E-state index in [0.29, 0.717) is 11.8 Å². The van der Waals surface area contributed by atoms with Crippen LogP contribution in [-0.4, -0.2) is 13.2 Å². The molecule has 0 radical (unpaired) electrons. The van der Waals surface area contributed by atoms with Crippen LogP contribution in [0.15, 0.2) is 30.8 Å². The van der Waals surface area contributed by atoms with Crippen LogP contribution in [0, 0.1) is 11.8 Å². The Balaban J connectivity index is 2.52. The molecule has 0 aliphatic rings. The molecule has 1 aromatic carbocycles. The van der Waals surface area contributed by atoms with Crippen molar-refractivity contribution in [3.05, 3.63) is 36.4 Å². The Morgan fingerprint density at radius 1 is 0.923 bits per heavy atom. The minimum atomic E-state index is 0.620. The largest absolute Gasteiger partial charge is 0.493 e. The first-order valence-corrected chi connectivity index (χ1v) is 10.7. The van der Waals surface area contributed by atoms with Crippen molar-refractivity contribution < 1.29 is 9.47 Å². The Morgan fingerprint density at radius 2 is 1.54 bits per heavy atom. The Morgan fingerprint density at radius 3 is 2.12 bits per heavy atom. The maximum Gasteiger partial charge on any atom is 0.120 e. The zero-order chi connectivity index (χ0) is 19.2. The lowest BCUT2D eigenvalue weighted by molar-refractivity contribution is 0.203. The van der Waals surface area contributed by atoms with Crippen LogP contribution < -0.4 is 4.74 Å². The molecule has 0 N–H and O–H groups in total. The number of rotatable bonds is 15. The number of ether oxygens (including phenoxy) is 2. The van der Waals surface area contributed by atoms with Crippen molar-refractivity contribution in [1.29, 1.82) is 0 Å². The lowest BCUT2D eigenvalue weighted by Gasteiger charge is -2.18. The Kier molecular flexibility index (Phi) is 11.9. The molecule has 0 heterocycles. The maximum atomic E-state index is 6.05. The molecule has 0 aliphatic heterocycles. The van der Waals surface area contributed by atoms with Gasteiger partial charge in [0.15, 0.2) is 0 Å². The molecule has 26 heavy (non-hydrogen) atoms. The summed E-state index contributed by atoms with van der Waals surface area (Å²) >= 11 is 0. The third-order valence-corrected chi connectivity index (χ3v) is 5.22. The summed E-state index contributed by atoms with van der Waals surface area (Å²) in [5.41, 5.74) is 1.02. The molecule has 2 nitrogen and oxygen atoms in total. The Hall–Kier alpha value is -1.44. The van der Waals surface area contributed by atoms with Crippen LogP contribution in [0.3, 0.4) is 0 Å². The molecule has 0 bridgehead atoms. The van der Waals surface area contributed by atoms with E-state index in [9.17, 15) is 0 Å². The SMILES string of the molecule is C=C(OCC(CC)CCCC)c1cccc(OCC(CC)CCCC)c1. The molecule has 0 aliphatic carbocycles. The molecule has 0 saturated heterocycles. The first-order chi connectivity index (χ1) is 12.6. The fourth-order valence-corrected chi connectivity index (χ4v) is 3.07. The van der Waals surface area contributed by atoms with Gasteiger partial charge in [0.2, 0.25) is 0 Å². The minimum Gasteiger partial charge on any atom is -0.493 e. The number of unbranched alkanes of at least 4 members (excludes halogenated alkanes) is 2. The van der Waals surface area contributed by atoms with E-state index in [1.165, 1.54) is 44.9 Å². The Labute approximate surface area is 162 Å². The van der Waals surface area contributed by atoms with E-state index in [1.807, 2.05) is 12.1 Å². The van der Waals surface area contributed by atoms with Crippen molar-refractivity contribution in [3.63, 3.8) is 0 Å². The Bertz CT molecular complexity index is 495. The van der Waals surface area contributed by atoms with E-state index in [4.69, 9.17) is 9.47 Å². The second kappa shape index (κ2) is 13.7. The first-order valence-electron chi connectivity index (χ1n) is 10.7. The predicted molar refractivity (Wildman–Crippen MR) is 114 cm³/mol. The van der Waals surface area contributed by atoms with E-state index >= 15 is 0 Å². The summed E-state index contributed by atoms with van der Waals surface area (Å²) in [6.45, 7) is 14.7. The van der Waals surface area contributed by atoms with Gasteiger partial charge in [0, 0.05) is 5.56 Å². The summed E-state index contributed by atoms with van der Waals surface area (Å²) in [6, 6.07) is 8.17. The smallest absolute Gasteiger partial charge is 0.120 e. The van der Waals surface area contributed by atoms with E-state index < -0.39 is 0 Å². The number of benzene rings is 1. The fourth-order valence-electron chi connectivity index (χ4n) is 3.07. The standard InChI is InChI=1S/C24H40O2/c1-6-10-13-21(8-3)18-25-20(5)23-15-12-16-24(17-23)26-19-22(9-4)14-11-7-2/h12,15-17,21-22H,5-11,13-14,18-19H2,1-4H3. The van der Waals surface area contributed by atoms with Gasteiger partial charge in [-0.05, 0) is 36.8 Å². The second-order valence-electron chi connectivity index (χ2n) is 7.41. The molecule has 1 rings (SSSR count). The van der Waals surface area contributed by atoms with Gasteiger partial charge in [-0.2, -0.15) is 0 Å². The molecule has 0 fully saturated rings. The van der Waals surface area contributed by atoms with Crippen LogP contribution in [0.4, 0.5) is 0 Å². The van der Waals surface area contributed by atoms with E-state index in [-0.39, 0.29) is 0 Å². The van der Waals surface area contributed by atoms with Crippen LogP contribution in [0.5, 0.6) is 5.75 Å². The number of hydrogen-bond donors (Lipinski definition) is 0. The van der Waals surface area contributed by atoms with Crippen molar-refractivity contribution in [2.24, 2.45) is 11.8 Å². The van der Waals surface area contributed by atoms with Gasteiger partial charge in [0.1, 0.15) is 11.5 Å². The number of hydrogen-bond acceptors (Lipinski definition) is 2. The highest BCUT2D eigenvalue weighted by Gasteiger charge is 2.10. The average Bonchev–Trinajstić information content (AvgIpc) is 2.68. The molecule has 2 heteroatoms. The van der Waals surface area contributed by atoms with Gasteiger partial charge in [0.25, 0.3) is 0 Å². The summed E-state index contributed by atoms with van der Waals surface area (Å²) in [4.78, 5) is 0. The molecule has 2 atom stereocenters. The van der Waals surface area contributed by atoms with Crippen molar-refractivity contribution in [1.82, 2.24) is 0 Å². The highest BCUT2D eigenvalue weighted by molar-refractivity contribution is 5.59. The minimum absolute atomic E-state index is 0.620. The van der Waals surface area contributed by atoms with Crippen molar-refractivity contribution >= 4 is 5.76 Å². The zero-order valence-corrected chi connectivity index (χ0v) is 17.6. The van der Waals surface area contributed by atoms with Crippen LogP contribution in [0.1, 0.15) is 84.6 Å². The quantitative estimate of drug-likeness (QED) is 0.302. The normalized spacial score (nSPS) is 13.2. The summed E-state index contributed by atoms with van der Waals surface area (Å²) in [5.74, 6) is 2.93. The van der Waals surface area contributed by atoms with E-state index in [1.54, 1.807) is 0 Å². The third kappa shape index (κ3) is 8.78. The van der Waals surface area contributed by atoms with E-state index in [0.717, 1.165) is 36.7 Å². The van der Waals surface area contributed by atoms with E-state index in [2.05, 4.69) is 46.4 Å². The van der Waals surface area contributed by atoms with Crippen molar-refractivity contribution in [3.8, 4) is 5.75 Å². The van der Waals surface area contributed by atoms with Crippen molar-refractivity contribution in [2.45, 2.75) is 79.1 Å². The highest BCUT2D eigenvalue weighted by Crippen LogP contribution is 2.23. The lowest BCUT2D eigenvalue weighted by Crippen LogP contribution is -2.11. The predicted octanol–water partition coefficient (Wildman–Crippen LogP) is 7.49. The molecule has 0 aromatic heterocycles. The molecular weight excluding hydrogens is 320 g/mol. The molecular formula is C24H40O2. The van der Waals surface area contributed by atoms with Gasteiger partial charge in [-0.3, -0.25) is 0 Å². The first kappa shape index (κ1) is 22.6. The van der Waals surface area contributed by atoms with Crippen LogP contribution in [0.25, 0.3) is 5.76 Å². The fraction of sp³-hybridized carbons (Fsp3) is 0.667. The topological polar surface area (TPSA) is 18.5 Å². The molecule has 2 unspecified atom stereocenters. The summed E-state index contributed by atoms with van der Waals surface area (Å²) in [7, 11) is 0. The van der Waals surface area contributed by atoms with Crippen LogP contribution in [0.2, 0.25) is 0 Å². The summed E-state index contributed by atoms with van der Waals surface area (Å²) in [5, 5.41) is 0. The summed E-state index contributed by atoms with van der Waals surface area (Å²) < 4.78 is 12.0. The molecule has 0 spiro atoms. The molecule has 0 saturated carbocycles. The molecule has 1 aromatic rings. The van der Waals surface area contributed by atoms with Gasteiger partial charge in [-0.15, -0.1) is 0 Å². The van der Waals surface area contributed by atoms with Crippen molar-refractivity contribution in [2.75, 3.05) is 13.2 Å². The lowest BCUT2D eigenvalue weighted by atomic mass is 10.0. The zero-order valence-electron chi connectivity index (χ0n) is 17.6. The van der Waals surface area contributed by atoms with Gasteiger partial charge in [0.05, 0.1) is 13.2 Å². The molecule has 0 amide bonds. The van der Waals surface area contributed by atoms with Crippen LogP contribution >= 0.6 is 0 Å². The van der Waals surface area contributed by atoms with Gasteiger partial charge >= 0.3 is 0 Å². The van der Waals surface area contributed by atoms with Crippen LogP contribution in [-0.2, 0) is 4.74 Å². The maximum absolute atomic E-state index is 6.05. The monoisotopic (exact) mass is 360 g/mol.